The predicted octanol–water partition coefficient (Wildman–Crippen LogP) is 3.05. The minimum atomic E-state index is -0.540. The molecule has 1 aromatic carbocycles. The van der Waals surface area contributed by atoms with Gasteiger partial charge in [-0.15, -0.1) is 0 Å². The smallest absolute Gasteiger partial charge is 0.220 e. The van der Waals surface area contributed by atoms with Crippen molar-refractivity contribution in [3.05, 3.63) is 35.4 Å². The molecule has 0 spiro atoms. The van der Waals surface area contributed by atoms with Gasteiger partial charge in [0.15, 0.2) is 0 Å². The van der Waals surface area contributed by atoms with Gasteiger partial charge in [0.2, 0.25) is 5.91 Å². The van der Waals surface area contributed by atoms with Crippen LogP contribution in [0.15, 0.2) is 18.2 Å². The number of hydrogen-bond acceptors (Lipinski definition) is 2. The van der Waals surface area contributed by atoms with E-state index in [1.165, 1.54) is 0 Å². The Bertz CT molecular complexity index is 438. The van der Waals surface area contributed by atoms with Crippen molar-refractivity contribution in [2.75, 3.05) is 6.54 Å². The molecule has 1 amide bonds. The number of carbonyl (C=O) groups is 1. The van der Waals surface area contributed by atoms with Crippen LogP contribution in [0.5, 0.6) is 0 Å². The molecule has 1 atom stereocenters. The molecular weight excluding hydrogens is 262 g/mol. The average molecular weight is 284 g/mol. The van der Waals surface area contributed by atoms with Gasteiger partial charge in [-0.3, -0.25) is 4.79 Å². The Labute approximate surface area is 118 Å². The largest absolute Gasteiger partial charge is 0.349 e. The molecule has 0 bridgehead atoms. The highest BCUT2D eigenvalue weighted by atomic mass is 19.1. The molecule has 0 saturated heterocycles. The normalized spacial score (nSPS) is 12.2. The Morgan fingerprint density at radius 3 is 2.65 bits per heavy atom. The Morgan fingerprint density at radius 1 is 1.25 bits per heavy atom. The lowest BCUT2D eigenvalue weighted by atomic mass is 10.1. The van der Waals surface area contributed by atoms with Crippen LogP contribution >= 0.6 is 0 Å². The van der Waals surface area contributed by atoms with Crippen molar-refractivity contribution in [2.45, 2.75) is 45.1 Å². The van der Waals surface area contributed by atoms with Crippen LogP contribution in [-0.2, 0) is 4.79 Å². The summed E-state index contributed by atoms with van der Waals surface area (Å²) in [6.45, 7) is 2.31. The van der Waals surface area contributed by atoms with Gasteiger partial charge in [-0.25, -0.2) is 8.78 Å². The number of amides is 1. The van der Waals surface area contributed by atoms with Crippen molar-refractivity contribution in [3.63, 3.8) is 0 Å². The molecule has 0 aliphatic carbocycles. The summed E-state index contributed by atoms with van der Waals surface area (Å²) in [5, 5.41) is 2.68. The molecule has 1 unspecified atom stereocenters. The van der Waals surface area contributed by atoms with Crippen molar-refractivity contribution in [3.8, 4) is 0 Å². The second-order valence-corrected chi connectivity index (χ2v) is 4.91. The second-order valence-electron chi connectivity index (χ2n) is 4.91. The first-order valence-corrected chi connectivity index (χ1v) is 6.99. The fourth-order valence-electron chi connectivity index (χ4n) is 2.02. The van der Waals surface area contributed by atoms with Crippen LogP contribution in [0.3, 0.4) is 0 Å². The summed E-state index contributed by atoms with van der Waals surface area (Å²) >= 11 is 0. The summed E-state index contributed by atoms with van der Waals surface area (Å²) in [4.78, 5) is 11.7. The molecule has 112 valence electrons. The zero-order chi connectivity index (χ0) is 15.0. The number of benzene rings is 1. The van der Waals surface area contributed by atoms with E-state index >= 15 is 0 Å². The molecule has 3 nitrogen and oxygen atoms in total. The molecule has 0 radical (unpaired) electrons. The van der Waals surface area contributed by atoms with E-state index in [9.17, 15) is 13.6 Å². The Kier molecular flexibility index (Phi) is 7.15. The van der Waals surface area contributed by atoms with Gasteiger partial charge in [-0.1, -0.05) is 12.8 Å². The van der Waals surface area contributed by atoms with Crippen LogP contribution in [0.4, 0.5) is 8.78 Å². The Morgan fingerprint density at radius 2 is 1.95 bits per heavy atom. The standard InChI is InChI=1S/C15H22F2N2O/c1-11(13-10-12(16)7-8-14(13)17)19-15(20)6-4-2-3-5-9-18/h7-8,10-11H,2-6,9,18H2,1H3,(H,19,20). The van der Waals surface area contributed by atoms with Crippen molar-refractivity contribution in [1.82, 2.24) is 5.32 Å². The first-order valence-electron chi connectivity index (χ1n) is 6.99. The molecule has 0 fully saturated rings. The third kappa shape index (κ3) is 5.65. The monoisotopic (exact) mass is 284 g/mol. The topological polar surface area (TPSA) is 55.1 Å². The van der Waals surface area contributed by atoms with Crippen molar-refractivity contribution < 1.29 is 13.6 Å². The molecule has 0 aromatic heterocycles. The van der Waals surface area contributed by atoms with Gasteiger partial charge >= 0.3 is 0 Å². The zero-order valence-corrected chi connectivity index (χ0v) is 11.8. The number of unbranched alkanes of at least 4 members (excludes halogenated alkanes) is 3. The molecule has 20 heavy (non-hydrogen) atoms. The summed E-state index contributed by atoms with van der Waals surface area (Å²) in [7, 11) is 0. The van der Waals surface area contributed by atoms with Crippen LogP contribution < -0.4 is 11.1 Å². The minimum absolute atomic E-state index is 0.145. The lowest BCUT2D eigenvalue weighted by Crippen LogP contribution is -2.27. The van der Waals surface area contributed by atoms with E-state index in [0.29, 0.717) is 13.0 Å². The molecule has 0 aliphatic heterocycles. The third-order valence-electron chi connectivity index (χ3n) is 3.16. The summed E-state index contributed by atoms with van der Waals surface area (Å²) in [6.07, 6.45) is 4.10. The fourth-order valence-corrected chi connectivity index (χ4v) is 2.02. The molecule has 5 heteroatoms. The van der Waals surface area contributed by atoms with E-state index in [2.05, 4.69) is 5.32 Å². The molecule has 1 aromatic rings. The van der Waals surface area contributed by atoms with E-state index in [4.69, 9.17) is 5.73 Å². The lowest BCUT2D eigenvalue weighted by molar-refractivity contribution is -0.121. The minimum Gasteiger partial charge on any atom is -0.349 e. The highest BCUT2D eigenvalue weighted by molar-refractivity contribution is 5.76. The predicted molar refractivity (Wildman–Crippen MR) is 75.1 cm³/mol. The number of rotatable bonds is 8. The van der Waals surface area contributed by atoms with Gasteiger partial charge < -0.3 is 11.1 Å². The molecular formula is C15H22F2N2O. The van der Waals surface area contributed by atoms with Gasteiger partial charge in [-0.05, 0) is 44.5 Å². The van der Waals surface area contributed by atoms with E-state index in [1.807, 2.05) is 0 Å². The van der Waals surface area contributed by atoms with Gasteiger partial charge in [0.1, 0.15) is 11.6 Å². The SMILES string of the molecule is CC(NC(=O)CCCCCCN)c1cc(F)ccc1F. The quantitative estimate of drug-likeness (QED) is 0.721. The lowest BCUT2D eigenvalue weighted by Gasteiger charge is -2.15. The van der Waals surface area contributed by atoms with Crippen LogP contribution in [-0.4, -0.2) is 12.5 Å². The molecule has 1 rings (SSSR count). The highest BCUT2D eigenvalue weighted by Crippen LogP contribution is 2.18. The van der Waals surface area contributed by atoms with Crippen molar-refractivity contribution >= 4 is 5.91 Å². The van der Waals surface area contributed by atoms with Gasteiger partial charge in [-0.2, -0.15) is 0 Å². The van der Waals surface area contributed by atoms with Crippen molar-refractivity contribution in [1.29, 1.82) is 0 Å². The number of hydrogen-bond donors (Lipinski definition) is 2. The maximum atomic E-state index is 13.5. The van der Waals surface area contributed by atoms with E-state index < -0.39 is 17.7 Å². The Balaban J connectivity index is 2.39. The number of carbonyl (C=O) groups excluding carboxylic acids is 1. The number of nitrogens with two attached hydrogens (primary N) is 1. The summed E-state index contributed by atoms with van der Waals surface area (Å²) < 4.78 is 26.6. The molecule has 0 heterocycles. The van der Waals surface area contributed by atoms with E-state index in [-0.39, 0.29) is 11.5 Å². The van der Waals surface area contributed by atoms with Crippen LogP contribution in [0.25, 0.3) is 0 Å². The van der Waals surface area contributed by atoms with Crippen LogP contribution in [0, 0.1) is 11.6 Å². The van der Waals surface area contributed by atoms with Gasteiger partial charge in [0.05, 0.1) is 6.04 Å². The molecule has 0 aliphatic rings. The average Bonchev–Trinajstić information content (AvgIpc) is 2.41. The van der Waals surface area contributed by atoms with Gasteiger partial charge in [0, 0.05) is 12.0 Å². The van der Waals surface area contributed by atoms with Gasteiger partial charge in [0.25, 0.3) is 0 Å². The van der Waals surface area contributed by atoms with Crippen LogP contribution in [0.1, 0.15) is 50.6 Å². The first kappa shape index (κ1) is 16.6. The maximum Gasteiger partial charge on any atom is 0.220 e. The molecule has 3 N–H and O–H groups in total. The number of halogens is 2. The summed E-state index contributed by atoms with van der Waals surface area (Å²) in [5.41, 5.74) is 5.55. The molecule has 0 saturated carbocycles. The van der Waals surface area contributed by atoms with E-state index in [0.717, 1.165) is 43.9 Å². The second kappa shape index (κ2) is 8.64. The Hall–Kier alpha value is -1.49. The van der Waals surface area contributed by atoms with Crippen LogP contribution in [0.2, 0.25) is 0 Å². The third-order valence-corrected chi connectivity index (χ3v) is 3.16. The highest BCUT2D eigenvalue weighted by Gasteiger charge is 2.14. The summed E-state index contributed by atoms with van der Waals surface area (Å²) in [6, 6.07) is 2.70. The fraction of sp³-hybridized carbons (Fsp3) is 0.533. The summed E-state index contributed by atoms with van der Waals surface area (Å²) in [5.74, 6) is -1.17. The van der Waals surface area contributed by atoms with Crippen molar-refractivity contribution in [2.24, 2.45) is 5.73 Å². The maximum absolute atomic E-state index is 13.5. The first-order chi connectivity index (χ1) is 9.54. The number of nitrogens with one attached hydrogen (secondary N) is 1. The van der Waals surface area contributed by atoms with E-state index in [1.54, 1.807) is 6.92 Å². The zero-order valence-electron chi connectivity index (χ0n) is 11.8.